The van der Waals surface area contributed by atoms with Crippen molar-refractivity contribution in [3.8, 4) is 0 Å². The number of nitrogens with zero attached hydrogens (tertiary/aromatic N) is 4. The molecule has 6 heteroatoms. The third-order valence-corrected chi connectivity index (χ3v) is 4.86. The first kappa shape index (κ1) is 18.0. The van der Waals surface area contributed by atoms with E-state index < -0.39 is 0 Å². The second kappa shape index (κ2) is 8.08. The van der Waals surface area contributed by atoms with Crippen LogP contribution in [0.3, 0.4) is 0 Å². The minimum atomic E-state index is -0.0254. The molecule has 142 valence electrons. The first-order valence-electron chi connectivity index (χ1n) is 9.44. The van der Waals surface area contributed by atoms with E-state index >= 15 is 0 Å². The molecule has 1 aliphatic heterocycles. The molecule has 3 aromatic rings. The number of hydrogen-bond donors (Lipinski definition) is 1. The fourth-order valence-corrected chi connectivity index (χ4v) is 3.24. The molecule has 0 radical (unpaired) electrons. The number of aryl methyl sites for hydroxylation is 1. The van der Waals surface area contributed by atoms with Crippen molar-refractivity contribution in [3.63, 3.8) is 0 Å². The molecule has 1 amide bonds. The Morgan fingerprint density at radius 1 is 0.893 bits per heavy atom. The van der Waals surface area contributed by atoms with Crippen LogP contribution in [0.15, 0.2) is 67.0 Å². The van der Waals surface area contributed by atoms with Gasteiger partial charge in [0, 0.05) is 38.1 Å². The molecule has 1 saturated heterocycles. The molecular formula is C22H23N5O. The maximum absolute atomic E-state index is 12.8. The maximum Gasteiger partial charge on any atom is 0.272 e. The summed E-state index contributed by atoms with van der Waals surface area (Å²) in [6.45, 7) is 4.94. The summed E-state index contributed by atoms with van der Waals surface area (Å²) in [6.07, 6.45) is 3.50. The number of piperazine rings is 1. The third-order valence-electron chi connectivity index (χ3n) is 4.86. The topological polar surface area (TPSA) is 61.4 Å². The van der Waals surface area contributed by atoms with Gasteiger partial charge in [-0.15, -0.1) is 0 Å². The number of aromatic nitrogens is 2. The zero-order valence-corrected chi connectivity index (χ0v) is 15.9. The molecule has 1 N–H and O–H groups in total. The maximum atomic E-state index is 12.8. The Morgan fingerprint density at radius 2 is 1.64 bits per heavy atom. The van der Waals surface area contributed by atoms with Crippen molar-refractivity contribution < 1.29 is 4.79 Å². The van der Waals surface area contributed by atoms with Gasteiger partial charge in [-0.3, -0.25) is 4.79 Å². The number of nitrogens with one attached hydrogen (secondary N) is 1. The van der Waals surface area contributed by atoms with Gasteiger partial charge in [-0.2, -0.15) is 0 Å². The van der Waals surface area contributed by atoms with Crippen LogP contribution in [0.2, 0.25) is 0 Å². The average Bonchev–Trinajstić information content (AvgIpc) is 2.76. The van der Waals surface area contributed by atoms with Gasteiger partial charge in [-0.1, -0.05) is 23.8 Å². The molecule has 2 aromatic heterocycles. The van der Waals surface area contributed by atoms with E-state index in [0.29, 0.717) is 18.8 Å². The van der Waals surface area contributed by atoms with Crippen molar-refractivity contribution in [2.45, 2.75) is 6.92 Å². The van der Waals surface area contributed by atoms with Gasteiger partial charge in [-0.25, -0.2) is 9.97 Å². The van der Waals surface area contributed by atoms with Crippen LogP contribution in [-0.4, -0.2) is 47.0 Å². The summed E-state index contributed by atoms with van der Waals surface area (Å²) in [5.74, 6) is 0.932. The lowest BCUT2D eigenvalue weighted by molar-refractivity contribution is 0.0740. The number of hydrogen-bond acceptors (Lipinski definition) is 5. The predicted molar refractivity (Wildman–Crippen MR) is 111 cm³/mol. The molecule has 28 heavy (non-hydrogen) atoms. The first-order chi connectivity index (χ1) is 13.7. The Labute approximate surface area is 164 Å². The van der Waals surface area contributed by atoms with Gasteiger partial charge in [0.05, 0.1) is 11.9 Å². The summed E-state index contributed by atoms with van der Waals surface area (Å²) in [6, 6.07) is 17.7. The highest BCUT2D eigenvalue weighted by molar-refractivity contribution is 5.92. The van der Waals surface area contributed by atoms with E-state index in [-0.39, 0.29) is 5.91 Å². The van der Waals surface area contributed by atoms with Crippen molar-refractivity contribution in [2.75, 3.05) is 36.4 Å². The number of rotatable bonds is 4. The molecule has 0 saturated carbocycles. The fourth-order valence-electron chi connectivity index (χ4n) is 3.24. The lowest BCUT2D eigenvalue weighted by Crippen LogP contribution is -2.49. The lowest BCUT2D eigenvalue weighted by atomic mass is 10.2. The van der Waals surface area contributed by atoms with Gasteiger partial charge in [-0.05, 0) is 43.3 Å². The number of pyridine rings is 2. The number of carbonyl (C=O) groups excluding carboxylic acids is 1. The Morgan fingerprint density at radius 3 is 2.29 bits per heavy atom. The summed E-state index contributed by atoms with van der Waals surface area (Å²) in [4.78, 5) is 25.6. The van der Waals surface area contributed by atoms with Crippen molar-refractivity contribution >= 4 is 23.1 Å². The molecule has 6 nitrogen and oxygen atoms in total. The summed E-state index contributed by atoms with van der Waals surface area (Å²) in [5, 5.41) is 3.30. The molecule has 0 bridgehead atoms. The van der Waals surface area contributed by atoms with E-state index in [9.17, 15) is 4.79 Å². The van der Waals surface area contributed by atoms with Crippen molar-refractivity contribution in [1.29, 1.82) is 0 Å². The van der Waals surface area contributed by atoms with E-state index in [1.807, 2.05) is 41.3 Å². The zero-order chi connectivity index (χ0) is 19.3. The van der Waals surface area contributed by atoms with Gasteiger partial charge >= 0.3 is 0 Å². The molecule has 3 heterocycles. The van der Waals surface area contributed by atoms with Gasteiger partial charge in [0.1, 0.15) is 11.5 Å². The van der Waals surface area contributed by atoms with Gasteiger partial charge in [0.2, 0.25) is 0 Å². The van der Waals surface area contributed by atoms with Gasteiger partial charge < -0.3 is 15.1 Å². The Balaban J connectivity index is 1.35. The van der Waals surface area contributed by atoms with Crippen LogP contribution in [-0.2, 0) is 0 Å². The van der Waals surface area contributed by atoms with Crippen molar-refractivity contribution in [1.82, 2.24) is 14.9 Å². The summed E-state index contributed by atoms with van der Waals surface area (Å²) in [5.41, 5.74) is 3.55. The SMILES string of the molecule is Cc1ccc(Nc2ccc(C(=O)N3CCN(c4ccccn4)CC3)nc2)cc1. The van der Waals surface area contributed by atoms with E-state index in [1.54, 1.807) is 18.5 Å². The van der Waals surface area contributed by atoms with Crippen molar-refractivity contribution in [2.24, 2.45) is 0 Å². The van der Waals surface area contributed by atoms with E-state index in [0.717, 1.165) is 30.3 Å². The molecule has 1 aliphatic rings. The molecule has 0 spiro atoms. The van der Waals surface area contributed by atoms with Gasteiger partial charge in [0.25, 0.3) is 5.91 Å². The minimum absolute atomic E-state index is 0.0254. The smallest absolute Gasteiger partial charge is 0.272 e. The molecule has 0 atom stereocenters. The predicted octanol–water partition coefficient (Wildman–Crippen LogP) is 3.49. The summed E-state index contributed by atoms with van der Waals surface area (Å²) >= 11 is 0. The van der Waals surface area contributed by atoms with Crippen LogP contribution in [0.4, 0.5) is 17.2 Å². The molecule has 4 rings (SSSR count). The highest BCUT2D eigenvalue weighted by Crippen LogP contribution is 2.18. The Hall–Kier alpha value is -3.41. The van der Waals surface area contributed by atoms with E-state index in [2.05, 4.69) is 39.2 Å². The average molecular weight is 373 g/mol. The number of anilines is 3. The Kier molecular flexibility index (Phi) is 5.19. The normalized spacial score (nSPS) is 14.0. The van der Waals surface area contributed by atoms with E-state index in [1.165, 1.54) is 5.56 Å². The molecule has 0 aliphatic carbocycles. The standard InChI is InChI=1S/C22H23N5O/c1-17-5-7-18(8-6-17)25-19-9-10-20(24-16-19)22(28)27-14-12-26(13-15-27)21-4-2-3-11-23-21/h2-11,16,25H,12-15H2,1H3. The monoisotopic (exact) mass is 373 g/mol. The second-order valence-electron chi connectivity index (χ2n) is 6.89. The van der Waals surface area contributed by atoms with Crippen LogP contribution in [0.25, 0.3) is 0 Å². The van der Waals surface area contributed by atoms with Crippen LogP contribution in [0.1, 0.15) is 16.1 Å². The minimum Gasteiger partial charge on any atom is -0.354 e. The molecule has 1 aromatic carbocycles. The van der Waals surface area contributed by atoms with Crippen LogP contribution >= 0.6 is 0 Å². The highest BCUT2D eigenvalue weighted by Gasteiger charge is 2.23. The second-order valence-corrected chi connectivity index (χ2v) is 6.89. The van der Waals surface area contributed by atoms with Crippen molar-refractivity contribution in [3.05, 3.63) is 78.2 Å². The zero-order valence-electron chi connectivity index (χ0n) is 15.9. The van der Waals surface area contributed by atoms with Gasteiger partial charge in [0.15, 0.2) is 0 Å². The number of carbonyl (C=O) groups is 1. The fraction of sp³-hybridized carbons (Fsp3) is 0.227. The lowest BCUT2D eigenvalue weighted by Gasteiger charge is -2.35. The third kappa shape index (κ3) is 4.11. The van der Waals surface area contributed by atoms with E-state index in [4.69, 9.17) is 0 Å². The van der Waals surface area contributed by atoms with Crippen LogP contribution < -0.4 is 10.2 Å². The van der Waals surface area contributed by atoms with Crippen LogP contribution in [0.5, 0.6) is 0 Å². The molecule has 1 fully saturated rings. The van der Waals surface area contributed by atoms with Crippen LogP contribution in [0, 0.1) is 6.92 Å². The number of benzene rings is 1. The quantitative estimate of drug-likeness (QED) is 0.759. The summed E-state index contributed by atoms with van der Waals surface area (Å²) < 4.78 is 0. The number of amides is 1. The summed E-state index contributed by atoms with van der Waals surface area (Å²) in [7, 11) is 0. The molecular weight excluding hydrogens is 350 g/mol. The first-order valence-corrected chi connectivity index (χ1v) is 9.44. The molecule has 0 unspecified atom stereocenters. The highest BCUT2D eigenvalue weighted by atomic mass is 16.2. The largest absolute Gasteiger partial charge is 0.354 e. The Bertz CT molecular complexity index is 917.